The third-order valence-corrected chi connectivity index (χ3v) is 2.70. The molecule has 2 aromatic rings. The molecule has 0 saturated heterocycles. The van der Waals surface area contributed by atoms with Crippen molar-refractivity contribution in [3.8, 4) is 5.75 Å². The number of alkyl halides is 2. The first-order valence-electron chi connectivity index (χ1n) is 6.22. The molecule has 0 bridgehead atoms. The van der Waals surface area contributed by atoms with Crippen LogP contribution in [0.4, 0.5) is 8.78 Å². The SMILES string of the molecule is CCCn1ccnc1C(=O)c1cccc(OC(F)F)c1. The number of aromatic nitrogens is 2. The molecule has 0 saturated carbocycles. The zero-order chi connectivity index (χ0) is 14.5. The Labute approximate surface area is 115 Å². The van der Waals surface area contributed by atoms with Gasteiger partial charge >= 0.3 is 6.61 Å². The number of halogens is 2. The van der Waals surface area contributed by atoms with E-state index in [1.807, 2.05) is 6.92 Å². The van der Waals surface area contributed by atoms with E-state index in [4.69, 9.17) is 0 Å². The molecule has 0 spiro atoms. The highest BCUT2D eigenvalue weighted by molar-refractivity contribution is 6.06. The van der Waals surface area contributed by atoms with Crippen LogP contribution in [0.3, 0.4) is 0 Å². The molecule has 0 aliphatic rings. The van der Waals surface area contributed by atoms with Gasteiger partial charge in [0.1, 0.15) is 5.75 Å². The minimum absolute atomic E-state index is 0.0422. The number of carbonyl (C=O) groups is 1. The van der Waals surface area contributed by atoms with Crippen molar-refractivity contribution < 1.29 is 18.3 Å². The summed E-state index contributed by atoms with van der Waals surface area (Å²) in [6, 6.07) is 5.71. The number of hydrogen-bond acceptors (Lipinski definition) is 3. The number of carbonyl (C=O) groups excluding carboxylic acids is 1. The summed E-state index contributed by atoms with van der Waals surface area (Å²) in [6.07, 6.45) is 4.13. The molecule has 6 heteroatoms. The minimum Gasteiger partial charge on any atom is -0.435 e. The van der Waals surface area contributed by atoms with Crippen LogP contribution in [0.2, 0.25) is 0 Å². The van der Waals surface area contributed by atoms with Gasteiger partial charge in [0.2, 0.25) is 5.78 Å². The highest BCUT2D eigenvalue weighted by Crippen LogP contribution is 2.18. The maximum atomic E-state index is 12.3. The summed E-state index contributed by atoms with van der Waals surface area (Å²) >= 11 is 0. The summed E-state index contributed by atoms with van der Waals surface area (Å²) in [4.78, 5) is 16.3. The molecule has 0 aliphatic heterocycles. The zero-order valence-corrected chi connectivity index (χ0v) is 10.9. The van der Waals surface area contributed by atoms with Gasteiger partial charge in [0.25, 0.3) is 0 Å². The van der Waals surface area contributed by atoms with Crippen molar-refractivity contribution in [1.29, 1.82) is 0 Å². The van der Waals surface area contributed by atoms with Gasteiger partial charge in [-0.15, -0.1) is 0 Å². The van der Waals surface area contributed by atoms with Crippen LogP contribution < -0.4 is 4.74 Å². The van der Waals surface area contributed by atoms with E-state index < -0.39 is 6.61 Å². The van der Waals surface area contributed by atoms with Crippen LogP contribution in [0, 0.1) is 0 Å². The highest BCUT2D eigenvalue weighted by Gasteiger charge is 2.16. The molecule has 1 heterocycles. The Morgan fingerprint density at radius 1 is 1.45 bits per heavy atom. The predicted octanol–water partition coefficient (Wildman–Crippen LogP) is 3.13. The van der Waals surface area contributed by atoms with Gasteiger partial charge in [-0.05, 0) is 18.6 Å². The van der Waals surface area contributed by atoms with Crippen LogP contribution in [0.5, 0.6) is 5.75 Å². The largest absolute Gasteiger partial charge is 0.435 e. The Morgan fingerprint density at radius 2 is 2.25 bits per heavy atom. The smallest absolute Gasteiger partial charge is 0.387 e. The number of aryl methyl sites for hydroxylation is 1. The summed E-state index contributed by atoms with van der Waals surface area (Å²) in [6.45, 7) is -0.248. The number of benzene rings is 1. The van der Waals surface area contributed by atoms with Crippen molar-refractivity contribution in [3.05, 3.63) is 48.0 Å². The fourth-order valence-electron chi connectivity index (χ4n) is 1.88. The molecule has 1 aromatic carbocycles. The van der Waals surface area contributed by atoms with Gasteiger partial charge in [-0.25, -0.2) is 4.98 Å². The molecule has 2 rings (SSSR count). The van der Waals surface area contributed by atoms with Gasteiger partial charge in [0.05, 0.1) is 0 Å². The first-order valence-corrected chi connectivity index (χ1v) is 6.22. The van der Waals surface area contributed by atoms with E-state index in [2.05, 4.69) is 9.72 Å². The van der Waals surface area contributed by atoms with Crippen molar-refractivity contribution in [3.63, 3.8) is 0 Å². The van der Waals surface area contributed by atoms with Crippen molar-refractivity contribution in [2.75, 3.05) is 0 Å². The van der Waals surface area contributed by atoms with Crippen LogP contribution in [-0.4, -0.2) is 21.9 Å². The van der Waals surface area contributed by atoms with Crippen molar-refractivity contribution >= 4 is 5.78 Å². The van der Waals surface area contributed by atoms with E-state index in [1.54, 1.807) is 23.0 Å². The molecule has 0 amide bonds. The standard InChI is InChI=1S/C14H14F2N2O2/c1-2-7-18-8-6-17-13(18)12(19)10-4-3-5-11(9-10)20-14(15)16/h3-6,8-9,14H,2,7H2,1H3. The van der Waals surface area contributed by atoms with Gasteiger partial charge in [-0.1, -0.05) is 19.1 Å². The quantitative estimate of drug-likeness (QED) is 0.764. The Bertz CT molecular complexity index is 596. The van der Waals surface area contributed by atoms with Gasteiger partial charge in [0, 0.05) is 24.5 Å². The van der Waals surface area contributed by atoms with E-state index in [1.165, 1.54) is 18.2 Å². The van der Waals surface area contributed by atoms with Gasteiger partial charge in [0.15, 0.2) is 5.82 Å². The minimum atomic E-state index is -2.91. The first-order chi connectivity index (χ1) is 9.61. The fraction of sp³-hybridized carbons (Fsp3) is 0.286. The molecule has 20 heavy (non-hydrogen) atoms. The summed E-state index contributed by atoms with van der Waals surface area (Å²) in [5, 5.41) is 0. The Morgan fingerprint density at radius 3 is 2.95 bits per heavy atom. The fourth-order valence-corrected chi connectivity index (χ4v) is 1.88. The lowest BCUT2D eigenvalue weighted by molar-refractivity contribution is -0.0498. The molecule has 1 aromatic heterocycles. The topological polar surface area (TPSA) is 44.1 Å². The van der Waals surface area contributed by atoms with Crippen LogP contribution in [0.15, 0.2) is 36.7 Å². The highest BCUT2D eigenvalue weighted by atomic mass is 19.3. The Balaban J connectivity index is 2.26. The monoisotopic (exact) mass is 280 g/mol. The second kappa shape index (κ2) is 6.27. The molecule has 0 N–H and O–H groups in total. The molecule has 0 aliphatic carbocycles. The third kappa shape index (κ3) is 3.20. The lowest BCUT2D eigenvalue weighted by Gasteiger charge is -2.07. The molecule has 0 unspecified atom stereocenters. The maximum absolute atomic E-state index is 12.3. The molecule has 0 fully saturated rings. The molecule has 4 nitrogen and oxygen atoms in total. The summed E-state index contributed by atoms with van der Waals surface area (Å²) in [7, 11) is 0. The van der Waals surface area contributed by atoms with E-state index in [0.29, 0.717) is 12.4 Å². The van der Waals surface area contributed by atoms with E-state index in [0.717, 1.165) is 6.42 Å². The third-order valence-electron chi connectivity index (χ3n) is 2.70. The number of ether oxygens (including phenoxy) is 1. The van der Waals surface area contributed by atoms with E-state index in [9.17, 15) is 13.6 Å². The summed E-state index contributed by atoms with van der Waals surface area (Å²) in [5.41, 5.74) is 0.270. The molecule has 0 atom stereocenters. The second-order valence-corrected chi connectivity index (χ2v) is 4.18. The first kappa shape index (κ1) is 14.2. The summed E-state index contributed by atoms with van der Waals surface area (Å²) < 4.78 is 30.4. The van der Waals surface area contributed by atoms with E-state index in [-0.39, 0.29) is 17.1 Å². The predicted molar refractivity (Wildman–Crippen MR) is 69.0 cm³/mol. The van der Waals surface area contributed by atoms with Crippen LogP contribution in [0.25, 0.3) is 0 Å². The summed E-state index contributed by atoms with van der Waals surface area (Å²) in [5.74, 6) is -0.0661. The van der Waals surface area contributed by atoms with Crippen LogP contribution >= 0.6 is 0 Å². The molecule has 106 valence electrons. The number of imidazole rings is 1. The van der Waals surface area contributed by atoms with Gasteiger partial charge < -0.3 is 9.30 Å². The Kier molecular flexibility index (Phi) is 4.45. The van der Waals surface area contributed by atoms with Gasteiger partial charge in [-0.3, -0.25) is 4.79 Å². The van der Waals surface area contributed by atoms with Crippen molar-refractivity contribution in [1.82, 2.24) is 9.55 Å². The number of ketones is 1. The van der Waals surface area contributed by atoms with E-state index >= 15 is 0 Å². The normalized spacial score (nSPS) is 10.8. The maximum Gasteiger partial charge on any atom is 0.387 e. The number of hydrogen-bond donors (Lipinski definition) is 0. The van der Waals surface area contributed by atoms with Crippen molar-refractivity contribution in [2.45, 2.75) is 26.5 Å². The van der Waals surface area contributed by atoms with Gasteiger partial charge in [-0.2, -0.15) is 8.78 Å². The van der Waals surface area contributed by atoms with Crippen LogP contribution in [-0.2, 0) is 6.54 Å². The molecule has 0 radical (unpaired) electrons. The molecular weight excluding hydrogens is 266 g/mol. The Hall–Kier alpha value is -2.24. The van der Waals surface area contributed by atoms with Crippen molar-refractivity contribution in [2.24, 2.45) is 0 Å². The lowest BCUT2D eigenvalue weighted by Crippen LogP contribution is -2.11. The average molecular weight is 280 g/mol. The van der Waals surface area contributed by atoms with Crippen LogP contribution in [0.1, 0.15) is 29.5 Å². The lowest BCUT2D eigenvalue weighted by atomic mass is 10.1. The molecular formula is C14H14F2N2O2. The average Bonchev–Trinajstić information content (AvgIpc) is 2.86. The number of rotatable bonds is 6. The second-order valence-electron chi connectivity index (χ2n) is 4.18. The zero-order valence-electron chi connectivity index (χ0n) is 10.9. The number of nitrogens with zero attached hydrogens (tertiary/aromatic N) is 2.